The van der Waals surface area contributed by atoms with Gasteiger partial charge in [0.1, 0.15) is 0 Å². The van der Waals surface area contributed by atoms with Crippen molar-refractivity contribution in [1.82, 2.24) is 0 Å². The van der Waals surface area contributed by atoms with Crippen molar-refractivity contribution >= 4 is 22.7 Å². The smallest absolute Gasteiger partial charge is 0.291 e. The van der Waals surface area contributed by atoms with Crippen LogP contribution in [0, 0.1) is 0 Å². The van der Waals surface area contributed by atoms with Crippen molar-refractivity contribution in [3.63, 3.8) is 0 Å². The van der Waals surface area contributed by atoms with Crippen molar-refractivity contribution in [3.8, 4) is 0 Å². The van der Waals surface area contributed by atoms with Crippen LogP contribution in [0.4, 0.5) is 10.5 Å². The molecule has 0 radical (unpaired) electrons. The molecule has 1 aliphatic heterocycles. The van der Waals surface area contributed by atoms with Crippen LogP contribution in [0.2, 0.25) is 0 Å². The van der Waals surface area contributed by atoms with Gasteiger partial charge in [0.15, 0.2) is 0 Å². The normalized spacial score (nSPS) is 17.9. The second-order valence-electron chi connectivity index (χ2n) is 4.72. The molecule has 0 fully saturated rings. The van der Waals surface area contributed by atoms with Crippen molar-refractivity contribution in [2.24, 2.45) is 0 Å². The Bertz CT molecular complexity index is 597. The summed E-state index contributed by atoms with van der Waals surface area (Å²) in [6.45, 7) is 0. The number of benzene rings is 2. The van der Waals surface area contributed by atoms with Gasteiger partial charge >= 0.3 is 5.37 Å². The summed E-state index contributed by atoms with van der Waals surface area (Å²) in [4.78, 5) is 13.5. The van der Waals surface area contributed by atoms with Crippen LogP contribution in [-0.2, 0) is 6.42 Å². The van der Waals surface area contributed by atoms with E-state index in [0.717, 1.165) is 24.1 Å². The Morgan fingerprint density at radius 2 is 1.74 bits per heavy atom. The van der Waals surface area contributed by atoms with E-state index < -0.39 is 5.37 Å². The zero-order valence-corrected chi connectivity index (χ0v) is 11.2. The number of hydrogen-bond donors (Lipinski definition) is 0. The molecule has 2 aromatic carbocycles. The fourth-order valence-electron chi connectivity index (χ4n) is 2.75. The molecule has 3 rings (SSSR count). The Balaban J connectivity index is 2.06. The first-order valence-electron chi connectivity index (χ1n) is 6.39. The van der Waals surface area contributed by atoms with Crippen molar-refractivity contribution < 1.29 is 4.79 Å². The third kappa shape index (κ3) is 2.24. The highest BCUT2D eigenvalue weighted by Crippen LogP contribution is 2.39. The molecule has 0 saturated carbocycles. The molecule has 2 nitrogen and oxygen atoms in total. The molecule has 0 aliphatic carbocycles. The second kappa shape index (κ2) is 5.06. The van der Waals surface area contributed by atoms with Gasteiger partial charge in [0.05, 0.1) is 6.04 Å². The van der Waals surface area contributed by atoms with Gasteiger partial charge in [-0.15, -0.1) is 0 Å². The Hall–Kier alpha value is -1.80. The van der Waals surface area contributed by atoms with Gasteiger partial charge < -0.3 is 0 Å². The van der Waals surface area contributed by atoms with Crippen LogP contribution < -0.4 is 4.90 Å². The van der Waals surface area contributed by atoms with Crippen molar-refractivity contribution in [3.05, 3.63) is 65.7 Å². The lowest BCUT2D eigenvalue weighted by atomic mass is 9.92. The average molecular weight is 272 g/mol. The average Bonchev–Trinajstić information content (AvgIpc) is 2.46. The quantitative estimate of drug-likeness (QED) is 0.551. The molecule has 1 unspecified atom stereocenters. The fraction of sp³-hybridized carbons (Fsp3) is 0.188. The first-order chi connectivity index (χ1) is 9.27. The molecule has 2 aromatic rings. The zero-order chi connectivity index (χ0) is 13.2. The summed E-state index contributed by atoms with van der Waals surface area (Å²) in [5, 5.41) is -0.416. The number of rotatable bonds is 1. The summed E-state index contributed by atoms with van der Waals surface area (Å²) >= 11 is 5.82. The Kier molecular flexibility index (Phi) is 3.26. The molecule has 0 aromatic heterocycles. The maximum atomic E-state index is 11.8. The van der Waals surface area contributed by atoms with E-state index in [1.807, 2.05) is 48.5 Å². The highest BCUT2D eigenvalue weighted by atomic mass is 35.5. The summed E-state index contributed by atoms with van der Waals surface area (Å²) in [5.41, 5.74) is 3.25. The minimum atomic E-state index is -0.416. The Labute approximate surface area is 117 Å². The minimum absolute atomic E-state index is 0.0288. The predicted molar refractivity (Wildman–Crippen MR) is 77.7 cm³/mol. The van der Waals surface area contributed by atoms with Crippen molar-refractivity contribution in [1.29, 1.82) is 0 Å². The van der Waals surface area contributed by atoms with Crippen LogP contribution in [0.5, 0.6) is 0 Å². The summed E-state index contributed by atoms with van der Waals surface area (Å²) in [5.74, 6) is 0. The third-order valence-electron chi connectivity index (χ3n) is 3.62. The van der Waals surface area contributed by atoms with E-state index in [1.165, 1.54) is 5.56 Å². The van der Waals surface area contributed by atoms with Gasteiger partial charge in [0.25, 0.3) is 0 Å². The monoisotopic (exact) mass is 271 g/mol. The van der Waals surface area contributed by atoms with Gasteiger partial charge in [-0.25, -0.2) is 0 Å². The SMILES string of the molecule is O=C(Cl)N1c2ccccc2CCC1c1ccccc1. The largest absolute Gasteiger partial charge is 0.321 e. The molecule has 0 spiro atoms. The summed E-state index contributed by atoms with van der Waals surface area (Å²) in [6, 6.07) is 18.1. The van der Waals surface area contributed by atoms with Crippen LogP contribution in [-0.4, -0.2) is 5.37 Å². The van der Waals surface area contributed by atoms with E-state index in [-0.39, 0.29) is 6.04 Å². The number of nitrogens with zero attached hydrogens (tertiary/aromatic N) is 1. The number of hydrogen-bond acceptors (Lipinski definition) is 1. The maximum absolute atomic E-state index is 11.8. The number of para-hydroxylation sites is 1. The lowest BCUT2D eigenvalue weighted by Gasteiger charge is -2.36. The molecule has 96 valence electrons. The lowest BCUT2D eigenvalue weighted by Crippen LogP contribution is -2.35. The molecule has 0 bridgehead atoms. The first-order valence-corrected chi connectivity index (χ1v) is 6.76. The molecule has 1 aliphatic rings. The number of amides is 1. The second-order valence-corrected chi connectivity index (χ2v) is 5.04. The summed E-state index contributed by atoms with van der Waals surface area (Å²) in [7, 11) is 0. The molecule has 0 saturated heterocycles. The number of fused-ring (bicyclic) bond motifs is 1. The molecule has 3 heteroatoms. The van der Waals surface area contributed by atoms with Crippen LogP contribution in [0.25, 0.3) is 0 Å². The number of halogens is 1. The van der Waals surface area contributed by atoms with E-state index in [1.54, 1.807) is 4.90 Å². The fourth-order valence-corrected chi connectivity index (χ4v) is 2.96. The van der Waals surface area contributed by atoms with Gasteiger partial charge in [-0.05, 0) is 41.6 Å². The molecule has 1 atom stereocenters. The zero-order valence-electron chi connectivity index (χ0n) is 10.4. The van der Waals surface area contributed by atoms with E-state index in [9.17, 15) is 4.79 Å². The highest BCUT2D eigenvalue weighted by molar-refractivity contribution is 6.66. The van der Waals surface area contributed by atoms with E-state index in [2.05, 4.69) is 6.07 Å². The number of anilines is 1. The summed E-state index contributed by atoms with van der Waals surface area (Å²) < 4.78 is 0. The molecular weight excluding hydrogens is 258 g/mol. The van der Waals surface area contributed by atoms with E-state index in [0.29, 0.717) is 0 Å². The topological polar surface area (TPSA) is 20.3 Å². The van der Waals surface area contributed by atoms with E-state index >= 15 is 0 Å². The van der Waals surface area contributed by atoms with Crippen molar-refractivity contribution in [2.75, 3.05) is 4.90 Å². The standard InChI is InChI=1S/C16H14ClNO/c17-16(19)18-14-9-5-4-8-13(14)10-11-15(18)12-6-2-1-3-7-12/h1-9,15H,10-11H2. The van der Waals surface area contributed by atoms with Gasteiger partial charge in [-0.1, -0.05) is 48.5 Å². The predicted octanol–water partition coefficient (Wildman–Crippen LogP) is 4.54. The number of aryl methyl sites for hydroxylation is 1. The van der Waals surface area contributed by atoms with E-state index in [4.69, 9.17) is 11.6 Å². The molecular formula is C16H14ClNO. The van der Waals surface area contributed by atoms with Gasteiger partial charge in [-0.2, -0.15) is 0 Å². The van der Waals surface area contributed by atoms with Crippen LogP contribution in [0.3, 0.4) is 0 Å². The maximum Gasteiger partial charge on any atom is 0.321 e. The third-order valence-corrected chi connectivity index (χ3v) is 3.81. The first kappa shape index (κ1) is 12.2. The molecule has 1 heterocycles. The van der Waals surface area contributed by atoms with Crippen LogP contribution in [0.1, 0.15) is 23.6 Å². The van der Waals surface area contributed by atoms with Crippen LogP contribution >= 0.6 is 11.6 Å². The minimum Gasteiger partial charge on any atom is -0.291 e. The van der Waals surface area contributed by atoms with Gasteiger partial charge in [0, 0.05) is 5.69 Å². The summed E-state index contributed by atoms with van der Waals surface area (Å²) in [6.07, 6.45) is 1.87. The Morgan fingerprint density at radius 1 is 1.05 bits per heavy atom. The highest BCUT2D eigenvalue weighted by Gasteiger charge is 2.30. The lowest BCUT2D eigenvalue weighted by molar-refractivity contribution is 0.261. The molecule has 19 heavy (non-hydrogen) atoms. The van der Waals surface area contributed by atoms with Gasteiger partial charge in [-0.3, -0.25) is 9.69 Å². The number of carbonyl (C=O) groups is 1. The number of carbonyl (C=O) groups excluding carboxylic acids is 1. The van der Waals surface area contributed by atoms with Gasteiger partial charge in [0.2, 0.25) is 0 Å². The molecule has 0 N–H and O–H groups in total. The van der Waals surface area contributed by atoms with Crippen LogP contribution in [0.15, 0.2) is 54.6 Å². The van der Waals surface area contributed by atoms with Crippen molar-refractivity contribution in [2.45, 2.75) is 18.9 Å². The Morgan fingerprint density at radius 3 is 2.47 bits per heavy atom. The molecule has 1 amide bonds.